The maximum absolute atomic E-state index is 12.1. The molecule has 6 nitrogen and oxygen atoms in total. The zero-order valence-corrected chi connectivity index (χ0v) is 14.6. The Kier molecular flexibility index (Phi) is 8.57. The van der Waals surface area contributed by atoms with Crippen LogP contribution in [0.5, 0.6) is 5.75 Å². The van der Waals surface area contributed by atoms with Crippen molar-refractivity contribution >= 4 is 30.0 Å². The van der Waals surface area contributed by atoms with E-state index in [9.17, 15) is 9.59 Å². The summed E-state index contributed by atoms with van der Waals surface area (Å²) in [5, 5.41) is 2.91. The van der Waals surface area contributed by atoms with Crippen molar-refractivity contribution in [3.05, 3.63) is 24.3 Å². The number of methoxy groups -OCH3 is 1. The van der Waals surface area contributed by atoms with Crippen LogP contribution in [-0.2, 0) is 14.3 Å². The van der Waals surface area contributed by atoms with Crippen LogP contribution in [0.4, 0.5) is 5.69 Å². The van der Waals surface area contributed by atoms with Crippen LogP contribution in [0, 0.1) is 5.92 Å². The lowest BCUT2D eigenvalue weighted by Crippen LogP contribution is -2.23. The topological polar surface area (TPSA) is 90.6 Å². The smallest absolute Gasteiger partial charge is 0.305 e. The molecule has 0 aliphatic heterocycles. The second-order valence-electron chi connectivity index (χ2n) is 5.81. The Hall–Kier alpha value is -1.79. The van der Waals surface area contributed by atoms with Crippen LogP contribution in [0.3, 0.4) is 0 Å². The molecule has 0 aromatic heterocycles. The summed E-state index contributed by atoms with van der Waals surface area (Å²) in [7, 11) is 1.37. The first-order chi connectivity index (χ1) is 11.1. The molecule has 0 spiro atoms. The van der Waals surface area contributed by atoms with Crippen molar-refractivity contribution in [3.8, 4) is 5.75 Å². The van der Waals surface area contributed by atoms with Gasteiger partial charge in [0, 0.05) is 24.1 Å². The Balaban J connectivity index is 0.00000288. The Bertz CT molecular complexity index is 536. The number of amides is 1. The molecule has 1 aliphatic rings. The lowest BCUT2D eigenvalue weighted by molar-refractivity contribution is -0.140. The van der Waals surface area contributed by atoms with E-state index in [-0.39, 0.29) is 36.2 Å². The van der Waals surface area contributed by atoms with Gasteiger partial charge in [-0.05, 0) is 49.9 Å². The molecule has 2 unspecified atom stereocenters. The predicted octanol–water partition coefficient (Wildman–Crippen LogP) is 2.51. The third-order valence-corrected chi connectivity index (χ3v) is 3.99. The van der Waals surface area contributed by atoms with Crippen LogP contribution in [0.1, 0.15) is 32.1 Å². The van der Waals surface area contributed by atoms with E-state index in [0.29, 0.717) is 25.2 Å². The lowest BCUT2D eigenvalue weighted by Gasteiger charge is -2.11. The summed E-state index contributed by atoms with van der Waals surface area (Å²) in [5.41, 5.74) is 6.58. The number of rotatable bonds is 7. The van der Waals surface area contributed by atoms with Gasteiger partial charge in [0.25, 0.3) is 0 Å². The minimum atomic E-state index is -0.238. The molecule has 134 valence electrons. The number of ether oxygens (including phenoxy) is 2. The number of carbonyl (C=O) groups is 2. The SMILES string of the molecule is COC(=O)CCCOc1ccc(NC(=O)C2CCC(N)C2)cc1.Cl. The number of nitrogens with two attached hydrogens (primary N) is 1. The van der Waals surface area contributed by atoms with Crippen molar-refractivity contribution in [2.45, 2.75) is 38.1 Å². The van der Waals surface area contributed by atoms with Crippen molar-refractivity contribution in [1.82, 2.24) is 0 Å². The maximum atomic E-state index is 12.1. The second-order valence-corrected chi connectivity index (χ2v) is 5.81. The summed E-state index contributed by atoms with van der Waals surface area (Å²) in [4.78, 5) is 23.1. The van der Waals surface area contributed by atoms with Crippen LogP contribution >= 0.6 is 12.4 Å². The number of hydrogen-bond acceptors (Lipinski definition) is 5. The van der Waals surface area contributed by atoms with Gasteiger partial charge < -0.3 is 20.5 Å². The van der Waals surface area contributed by atoms with Crippen LogP contribution in [0.15, 0.2) is 24.3 Å². The molecule has 1 aromatic rings. The van der Waals surface area contributed by atoms with Crippen molar-refractivity contribution in [2.75, 3.05) is 19.0 Å². The van der Waals surface area contributed by atoms with Gasteiger partial charge in [-0.25, -0.2) is 0 Å². The fourth-order valence-electron chi connectivity index (χ4n) is 2.64. The Morgan fingerprint density at radius 3 is 2.54 bits per heavy atom. The third-order valence-electron chi connectivity index (χ3n) is 3.99. The van der Waals surface area contributed by atoms with Crippen LogP contribution in [0.2, 0.25) is 0 Å². The molecule has 0 saturated heterocycles. The molecule has 0 radical (unpaired) electrons. The third kappa shape index (κ3) is 6.37. The standard InChI is InChI=1S/C17H24N2O4.ClH/c1-22-16(20)3-2-10-23-15-8-6-14(7-9-15)19-17(21)12-4-5-13(18)11-12;/h6-9,12-13H,2-5,10-11,18H2,1H3,(H,19,21);1H. The Labute approximate surface area is 148 Å². The molecule has 1 saturated carbocycles. The number of hydrogen-bond donors (Lipinski definition) is 2. The monoisotopic (exact) mass is 356 g/mol. The molecule has 1 amide bonds. The van der Waals surface area contributed by atoms with E-state index in [1.165, 1.54) is 7.11 Å². The van der Waals surface area contributed by atoms with Gasteiger partial charge in [0.1, 0.15) is 5.75 Å². The molecule has 7 heteroatoms. The molecular weight excluding hydrogens is 332 g/mol. The van der Waals surface area contributed by atoms with E-state index in [4.69, 9.17) is 10.5 Å². The van der Waals surface area contributed by atoms with E-state index in [0.717, 1.165) is 24.9 Å². The average molecular weight is 357 g/mol. The molecule has 0 heterocycles. The first-order valence-electron chi connectivity index (χ1n) is 7.94. The zero-order valence-electron chi connectivity index (χ0n) is 13.8. The number of anilines is 1. The molecule has 2 atom stereocenters. The summed E-state index contributed by atoms with van der Waals surface area (Å²) in [6.07, 6.45) is 3.47. The van der Waals surface area contributed by atoms with E-state index < -0.39 is 0 Å². The molecule has 1 aliphatic carbocycles. The Morgan fingerprint density at radius 1 is 1.25 bits per heavy atom. The minimum absolute atomic E-state index is 0. The molecule has 0 bridgehead atoms. The molecule has 2 rings (SSSR count). The molecular formula is C17H25ClN2O4. The summed E-state index contributed by atoms with van der Waals surface area (Å²) in [5.74, 6) is 0.512. The quantitative estimate of drug-likeness (QED) is 0.578. The largest absolute Gasteiger partial charge is 0.494 e. The van der Waals surface area contributed by atoms with Gasteiger partial charge >= 0.3 is 5.97 Å². The van der Waals surface area contributed by atoms with Gasteiger partial charge in [0.15, 0.2) is 0 Å². The molecule has 3 N–H and O–H groups in total. The van der Waals surface area contributed by atoms with Gasteiger partial charge in [-0.15, -0.1) is 12.4 Å². The predicted molar refractivity (Wildman–Crippen MR) is 94.4 cm³/mol. The highest BCUT2D eigenvalue weighted by Gasteiger charge is 2.27. The van der Waals surface area contributed by atoms with Crippen LogP contribution in [-0.4, -0.2) is 31.6 Å². The van der Waals surface area contributed by atoms with Crippen molar-refractivity contribution < 1.29 is 19.1 Å². The number of carbonyl (C=O) groups excluding carboxylic acids is 2. The molecule has 24 heavy (non-hydrogen) atoms. The average Bonchev–Trinajstić information content (AvgIpc) is 2.99. The minimum Gasteiger partial charge on any atom is -0.494 e. The van der Waals surface area contributed by atoms with Crippen LogP contribution < -0.4 is 15.8 Å². The number of halogens is 1. The summed E-state index contributed by atoms with van der Waals surface area (Å²) in [6.45, 7) is 0.445. The summed E-state index contributed by atoms with van der Waals surface area (Å²) < 4.78 is 10.1. The first-order valence-corrected chi connectivity index (χ1v) is 7.94. The van der Waals surface area contributed by atoms with Crippen molar-refractivity contribution in [2.24, 2.45) is 11.7 Å². The highest BCUT2D eigenvalue weighted by atomic mass is 35.5. The molecule has 1 aromatic carbocycles. The first kappa shape index (κ1) is 20.3. The van der Waals surface area contributed by atoms with E-state index >= 15 is 0 Å². The fourth-order valence-corrected chi connectivity index (χ4v) is 2.64. The second kappa shape index (κ2) is 10.2. The van der Waals surface area contributed by atoms with E-state index in [2.05, 4.69) is 10.1 Å². The zero-order chi connectivity index (χ0) is 16.7. The van der Waals surface area contributed by atoms with Gasteiger partial charge in [-0.2, -0.15) is 0 Å². The normalized spacial score (nSPS) is 19.2. The number of nitrogens with one attached hydrogen (secondary N) is 1. The van der Waals surface area contributed by atoms with Crippen molar-refractivity contribution in [3.63, 3.8) is 0 Å². The van der Waals surface area contributed by atoms with Gasteiger partial charge in [-0.3, -0.25) is 9.59 Å². The van der Waals surface area contributed by atoms with Gasteiger partial charge in [-0.1, -0.05) is 0 Å². The van der Waals surface area contributed by atoms with E-state index in [1.54, 1.807) is 12.1 Å². The lowest BCUT2D eigenvalue weighted by atomic mass is 10.1. The highest BCUT2D eigenvalue weighted by molar-refractivity contribution is 5.92. The highest BCUT2D eigenvalue weighted by Crippen LogP contribution is 2.26. The fraction of sp³-hybridized carbons (Fsp3) is 0.529. The summed E-state index contributed by atoms with van der Waals surface area (Å²) in [6, 6.07) is 7.36. The maximum Gasteiger partial charge on any atom is 0.305 e. The summed E-state index contributed by atoms with van der Waals surface area (Å²) >= 11 is 0. The van der Waals surface area contributed by atoms with E-state index in [1.807, 2.05) is 12.1 Å². The van der Waals surface area contributed by atoms with Gasteiger partial charge in [0.05, 0.1) is 13.7 Å². The molecule has 1 fully saturated rings. The Morgan fingerprint density at radius 2 is 1.96 bits per heavy atom. The number of esters is 1. The van der Waals surface area contributed by atoms with Gasteiger partial charge in [0.2, 0.25) is 5.91 Å². The number of benzene rings is 1. The van der Waals surface area contributed by atoms with Crippen molar-refractivity contribution in [1.29, 1.82) is 0 Å². The van der Waals surface area contributed by atoms with Crippen LogP contribution in [0.25, 0.3) is 0 Å².